The summed E-state index contributed by atoms with van der Waals surface area (Å²) in [5.74, 6) is 1.94. The van der Waals surface area contributed by atoms with E-state index >= 15 is 0 Å². The van der Waals surface area contributed by atoms with Crippen molar-refractivity contribution in [1.29, 1.82) is 0 Å². The minimum absolute atomic E-state index is 0.201. The molecule has 1 aromatic rings. The van der Waals surface area contributed by atoms with Crippen molar-refractivity contribution >= 4 is 0 Å². The van der Waals surface area contributed by atoms with Gasteiger partial charge in [0.2, 0.25) is 0 Å². The predicted molar refractivity (Wildman–Crippen MR) is 80.7 cm³/mol. The number of halogens is 1. The van der Waals surface area contributed by atoms with Crippen LogP contribution >= 0.6 is 0 Å². The second-order valence-corrected chi connectivity index (χ2v) is 6.71. The fourth-order valence-electron chi connectivity index (χ4n) is 4.33. The Morgan fingerprint density at radius 2 is 1.90 bits per heavy atom. The van der Waals surface area contributed by atoms with Crippen LogP contribution in [-0.2, 0) is 0 Å². The van der Waals surface area contributed by atoms with Gasteiger partial charge < -0.3 is 9.84 Å². The molecule has 0 aromatic heterocycles. The quantitative estimate of drug-likeness (QED) is 0.890. The van der Waals surface area contributed by atoms with Gasteiger partial charge in [-0.2, -0.15) is 0 Å². The Labute approximate surface area is 126 Å². The standard InChI is InChI=1S/C18H25FO2/c1-21-15-8-9-16(17(19)11-15)18(20)14-7-6-12-4-2-3-5-13(12)10-14/h8-9,11-14,18,20H,2-7,10H2,1H3. The maximum absolute atomic E-state index is 14.1. The summed E-state index contributed by atoms with van der Waals surface area (Å²) in [5, 5.41) is 10.6. The lowest BCUT2D eigenvalue weighted by molar-refractivity contribution is 0.0330. The molecule has 21 heavy (non-hydrogen) atoms. The van der Waals surface area contributed by atoms with E-state index in [0.29, 0.717) is 11.3 Å². The summed E-state index contributed by atoms with van der Waals surface area (Å²) in [6.45, 7) is 0. The highest BCUT2D eigenvalue weighted by molar-refractivity contribution is 5.30. The summed E-state index contributed by atoms with van der Waals surface area (Å²) >= 11 is 0. The number of ether oxygens (including phenoxy) is 1. The Kier molecular flexibility index (Phi) is 4.48. The van der Waals surface area contributed by atoms with Crippen molar-refractivity contribution in [2.75, 3.05) is 7.11 Å². The first-order chi connectivity index (χ1) is 10.2. The van der Waals surface area contributed by atoms with E-state index in [0.717, 1.165) is 24.7 Å². The molecule has 2 saturated carbocycles. The molecule has 2 aliphatic rings. The first kappa shape index (κ1) is 14.8. The van der Waals surface area contributed by atoms with E-state index in [9.17, 15) is 9.50 Å². The van der Waals surface area contributed by atoms with E-state index in [1.54, 1.807) is 12.1 Å². The van der Waals surface area contributed by atoms with E-state index in [2.05, 4.69) is 0 Å². The van der Waals surface area contributed by atoms with Gasteiger partial charge in [0.1, 0.15) is 11.6 Å². The van der Waals surface area contributed by atoms with Gasteiger partial charge in [0, 0.05) is 11.6 Å². The van der Waals surface area contributed by atoms with Crippen LogP contribution in [0.25, 0.3) is 0 Å². The Hall–Kier alpha value is -1.09. The number of aliphatic hydroxyl groups is 1. The van der Waals surface area contributed by atoms with Gasteiger partial charge in [-0.15, -0.1) is 0 Å². The summed E-state index contributed by atoms with van der Waals surface area (Å²) in [6, 6.07) is 4.77. The number of fused-ring (bicyclic) bond motifs is 1. The summed E-state index contributed by atoms with van der Waals surface area (Å²) in [6.07, 6.45) is 7.92. The van der Waals surface area contributed by atoms with Gasteiger partial charge in [-0.25, -0.2) is 4.39 Å². The van der Waals surface area contributed by atoms with Gasteiger partial charge in [0.25, 0.3) is 0 Å². The van der Waals surface area contributed by atoms with E-state index in [-0.39, 0.29) is 11.7 Å². The lowest BCUT2D eigenvalue weighted by Gasteiger charge is -2.40. The third kappa shape index (κ3) is 3.08. The van der Waals surface area contributed by atoms with Gasteiger partial charge in [-0.3, -0.25) is 0 Å². The molecule has 0 spiro atoms. The average Bonchev–Trinajstić information content (AvgIpc) is 2.53. The molecule has 1 aromatic carbocycles. The minimum atomic E-state index is -0.682. The van der Waals surface area contributed by atoms with Crippen molar-refractivity contribution in [3.63, 3.8) is 0 Å². The van der Waals surface area contributed by atoms with Gasteiger partial charge in [-0.05, 0) is 49.1 Å². The third-order valence-corrected chi connectivity index (χ3v) is 5.55. The molecule has 2 aliphatic carbocycles. The Morgan fingerprint density at radius 1 is 1.14 bits per heavy atom. The molecule has 0 bridgehead atoms. The summed E-state index contributed by atoms with van der Waals surface area (Å²) in [7, 11) is 1.52. The predicted octanol–water partition coefficient (Wildman–Crippen LogP) is 4.47. The molecule has 2 nitrogen and oxygen atoms in total. The zero-order valence-electron chi connectivity index (χ0n) is 12.7. The summed E-state index contributed by atoms with van der Waals surface area (Å²) in [5.41, 5.74) is 0.426. The normalized spacial score (nSPS) is 30.5. The maximum Gasteiger partial charge on any atom is 0.132 e. The van der Waals surface area contributed by atoms with Crippen molar-refractivity contribution in [2.45, 2.75) is 51.0 Å². The van der Waals surface area contributed by atoms with Crippen molar-refractivity contribution in [1.82, 2.24) is 0 Å². The molecular weight excluding hydrogens is 267 g/mol. The average molecular weight is 292 g/mol. The molecule has 0 heterocycles. The van der Waals surface area contributed by atoms with E-state index in [1.165, 1.54) is 45.3 Å². The molecule has 0 aliphatic heterocycles. The smallest absolute Gasteiger partial charge is 0.132 e. The van der Waals surface area contributed by atoms with Crippen LogP contribution in [0.5, 0.6) is 5.75 Å². The minimum Gasteiger partial charge on any atom is -0.497 e. The van der Waals surface area contributed by atoms with E-state index in [1.807, 2.05) is 0 Å². The number of rotatable bonds is 3. The molecule has 0 radical (unpaired) electrons. The summed E-state index contributed by atoms with van der Waals surface area (Å²) in [4.78, 5) is 0. The molecule has 4 atom stereocenters. The highest BCUT2D eigenvalue weighted by Crippen LogP contribution is 2.46. The lowest BCUT2D eigenvalue weighted by Crippen LogP contribution is -2.30. The summed E-state index contributed by atoms with van der Waals surface area (Å²) < 4.78 is 19.2. The fraction of sp³-hybridized carbons (Fsp3) is 0.667. The molecule has 0 amide bonds. The number of methoxy groups -OCH3 is 1. The van der Waals surface area contributed by atoms with Crippen LogP contribution in [0.4, 0.5) is 4.39 Å². The first-order valence-electron chi connectivity index (χ1n) is 8.20. The van der Waals surface area contributed by atoms with Gasteiger partial charge in [-0.1, -0.05) is 25.7 Å². The zero-order chi connectivity index (χ0) is 14.8. The van der Waals surface area contributed by atoms with Crippen LogP contribution in [-0.4, -0.2) is 12.2 Å². The molecular formula is C18H25FO2. The molecule has 116 valence electrons. The van der Waals surface area contributed by atoms with E-state index < -0.39 is 6.10 Å². The highest BCUT2D eigenvalue weighted by atomic mass is 19.1. The van der Waals surface area contributed by atoms with Crippen molar-refractivity contribution in [3.05, 3.63) is 29.6 Å². The first-order valence-corrected chi connectivity index (χ1v) is 8.20. The molecule has 4 unspecified atom stereocenters. The molecule has 0 saturated heterocycles. The Bertz CT molecular complexity index is 488. The second-order valence-electron chi connectivity index (χ2n) is 6.71. The fourth-order valence-corrected chi connectivity index (χ4v) is 4.33. The Balaban J connectivity index is 1.71. The van der Waals surface area contributed by atoms with Crippen LogP contribution in [0, 0.1) is 23.6 Å². The molecule has 1 N–H and O–H groups in total. The Morgan fingerprint density at radius 3 is 2.62 bits per heavy atom. The van der Waals surface area contributed by atoms with Crippen LogP contribution in [0.1, 0.15) is 56.6 Å². The molecule has 2 fully saturated rings. The second kappa shape index (κ2) is 6.35. The molecule has 3 rings (SSSR count). The SMILES string of the molecule is COc1ccc(C(O)C2CCC3CCCCC3C2)c(F)c1. The van der Waals surface area contributed by atoms with Crippen LogP contribution in [0.2, 0.25) is 0 Å². The maximum atomic E-state index is 14.1. The largest absolute Gasteiger partial charge is 0.497 e. The zero-order valence-corrected chi connectivity index (χ0v) is 12.7. The number of aliphatic hydroxyl groups excluding tert-OH is 1. The van der Waals surface area contributed by atoms with Gasteiger partial charge in [0.15, 0.2) is 0 Å². The highest BCUT2D eigenvalue weighted by Gasteiger charge is 2.35. The number of benzene rings is 1. The van der Waals surface area contributed by atoms with Crippen molar-refractivity contribution in [2.24, 2.45) is 17.8 Å². The number of hydrogen-bond acceptors (Lipinski definition) is 2. The van der Waals surface area contributed by atoms with Crippen molar-refractivity contribution in [3.8, 4) is 5.75 Å². The van der Waals surface area contributed by atoms with Crippen LogP contribution < -0.4 is 4.74 Å². The van der Waals surface area contributed by atoms with Crippen molar-refractivity contribution < 1.29 is 14.2 Å². The molecule has 3 heteroatoms. The van der Waals surface area contributed by atoms with Crippen LogP contribution in [0.3, 0.4) is 0 Å². The van der Waals surface area contributed by atoms with Crippen LogP contribution in [0.15, 0.2) is 18.2 Å². The topological polar surface area (TPSA) is 29.5 Å². The third-order valence-electron chi connectivity index (χ3n) is 5.55. The number of hydrogen-bond donors (Lipinski definition) is 1. The van der Waals surface area contributed by atoms with Gasteiger partial charge in [0.05, 0.1) is 13.2 Å². The van der Waals surface area contributed by atoms with E-state index in [4.69, 9.17) is 4.74 Å². The lowest BCUT2D eigenvalue weighted by atomic mass is 9.66. The van der Waals surface area contributed by atoms with Gasteiger partial charge >= 0.3 is 0 Å². The monoisotopic (exact) mass is 292 g/mol.